The second-order valence-electron chi connectivity index (χ2n) is 6.19. The topological polar surface area (TPSA) is 33.2 Å². The molecule has 1 heterocycles. The summed E-state index contributed by atoms with van der Waals surface area (Å²) in [4.78, 5) is 18.0. The fourth-order valence-corrected chi connectivity index (χ4v) is 2.67. The summed E-state index contributed by atoms with van der Waals surface area (Å²) in [5.74, 6) is -0.00485. The molecule has 1 amide bonds. The fraction of sp³-hybridized carbons (Fsp3) is 0.130. The van der Waals surface area contributed by atoms with E-state index >= 15 is 0 Å². The highest BCUT2D eigenvalue weighted by molar-refractivity contribution is 5.91. The Morgan fingerprint density at radius 3 is 2.38 bits per heavy atom. The van der Waals surface area contributed by atoms with Crippen molar-refractivity contribution >= 4 is 12.0 Å². The van der Waals surface area contributed by atoms with E-state index in [2.05, 4.69) is 41.4 Å². The molecule has 26 heavy (non-hydrogen) atoms. The molecule has 0 bridgehead atoms. The van der Waals surface area contributed by atoms with Crippen molar-refractivity contribution in [3.05, 3.63) is 96.3 Å². The molecule has 0 fully saturated rings. The van der Waals surface area contributed by atoms with Crippen molar-refractivity contribution in [2.24, 2.45) is 0 Å². The molecular weight excluding hydrogens is 320 g/mol. The summed E-state index contributed by atoms with van der Waals surface area (Å²) in [5.41, 5.74) is 4.57. The molecule has 0 unspecified atom stereocenters. The third-order valence-corrected chi connectivity index (χ3v) is 4.28. The van der Waals surface area contributed by atoms with E-state index in [1.54, 1.807) is 29.4 Å². The average molecular weight is 342 g/mol. The van der Waals surface area contributed by atoms with E-state index in [0.717, 1.165) is 12.0 Å². The molecule has 3 rings (SSSR count). The van der Waals surface area contributed by atoms with Crippen LogP contribution in [-0.2, 0) is 11.2 Å². The van der Waals surface area contributed by atoms with Gasteiger partial charge in [0.1, 0.15) is 0 Å². The zero-order chi connectivity index (χ0) is 18.2. The Hall–Kier alpha value is -3.20. The summed E-state index contributed by atoms with van der Waals surface area (Å²) >= 11 is 0. The lowest BCUT2D eigenvalue weighted by atomic mass is 10.0. The van der Waals surface area contributed by atoms with Crippen LogP contribution in [0.25, 0.3) is 17.2 Å². The first-order valence-electron chi connectivity index (χ1n) is 8.70. The lowest BCUT2D eigenvalue weighted by Gasteiger charge is -2.15. The van der Waals surface area contributed by atoms with Crippen molar-refractivity contribution in [2.45, 2.75) is 6.42 Å². The largest absolute Gasteiger partial charge is 0.342 e. The minimum Gasteiger partial charge on any atom is -0.342 e. The van der Waals surface area contributed by atoms with Crippen molar-refractivity contribution in [1.29, 1.82) is 0 Å². The lowest BCUT2D eigenvalue weighted by Crippen LogP contribution is -2.27. The van der Waals surface area contributed by atoms with Crippen molar-refractivity contribution in [3.63, 3.8) is 0 Å². The van der Waals surface area contributed by atoms with Gasteiger partial charge in [0.05, 0.1) is 0 Å². The summed E-state index contributed by atoms with van der Waals surface area (Å²) in [6, 6.07) is 22.6. The van der Waals surface area contributed by atoms with Crippen LogP contribution in [0.5, 0.6) is 0 Å². The fourth-order valence-electron chi connectivity index (χ4n) is 2.67. The molecule has 0 aliphatic heterocycles. The molecule has 3 aromatic rings. The number of hydrogen-bond donors (Lipinski definition) is 0. The normalized spacial score (nSPS) is 10.8. The van der Waals surface area contributed by atoms with Gasteiger partial charge < -0.3 is 4.90 Å². The average Bonchev–Trinajstić information content (AvgIpc) is 2.72. The molecule has 0 radical (unpaired) electrons. The van der Waals surface area contributed by atoms with Gasteiger partial charge in [-0.05, 0) is 40.8 Å². The molecule has 0 N–H and O–H groups in total. The summed E-state index contributed by atoms with van der Waals surface area (Å²) in [7, 11) is 1.83. The lowest BCUT2D eigenvalue weighted by molar-refractivity contribution is -0.124. The van der Waals surface area contributed by atoms with Gasteiger partial charge in [-0.15, -0.1) is 0 Å². The standard InChI is InChI=1S/C23H22N2O/c1-25(23(26)14-11-20-6-5-16-24-18-20)17-15-19-9-12-22(13-10-19)21-7-3-2-4-8-21/h2-14,16,18H,15,17H2,1H3. The quantitative estimate of drug-likeness (QED) is 0.620. The number of carbonyl (C=O) groups is 1. The van der Waals surface area contributed by atoms with E-state index in [1.165, 1.54) is 16.7 Å². The highest BCUT2D eigenvalue weighted by atomic mass is 16.2. The number of likely N-dealkylation sites (N-methyl/N-ethyl adjacent to an activating group) is 1. The van der Waals surface area contributed by atoms with Crippen molar-refractivity contribution in [3.8, 4) is 11.1 Å². The smallest absolute Gasteiger partial charge is 0.246 e. The first-order valence-corrected chi connectivity index (χ1v) is 8.70. The van der Waals surface area contributed by atoms with Crippen molar-refractivity contribution < 1.29 is 4.79 Å². The Morgan fingerprint density at radius 1 is 0.962 bits per heavy atom. The maximum atomic E-state index is 12.2. The second-order valence-corrected chi connectivity index (χ2v) is 6.19. The van der Waals surface area contributed by atoms with Crippen LogP contribution in [0.2, 0.25) is 0 Å². The number of carbonyl (C=O) groups excluding carboxylic acids is 1. The Kier molecular flexibility index (Phi) is 5.94. The van der Waals surface area contributed by atoms with Gasteiger partial charge in [0.2, 0.25) is 5.91 Å². The molecule has 0 spiro atoms. The van der Waals surface area contributed by atoms with Gasteiger partial charge in [0, 0.05) is 32.1 Å². The molecule has 0 aliphatic rings. The summed E-state index contributed by atoms with van der Waals surface area (Å²) in [6.07, 6.45) is 7.67. The SMILES string of the molecule is CN(CCc1ccc(-c2ccccc2)cc1)C(=O)C=Cc1cccnc1. The number of rotatable bonds is 6. The van der Waals surface area contributed by atoms with Gasteiger partial charge in [-0.1, -0.05) is 60.7 Å². The van der Waals surface area contributed by atoms with Crippen LogP contribution in [0, 0.1) is 0 Å². The van der Waals surface area contributed by atoms with Gasteiger partial charge in [0.25, 0.3) is 0 Å². The van der Waals surface area contributed by atoms with E-state index in [-0.39, 0.29) is 5.91 Å². The predicted octanol–water partition coefficient (Wildman–Crippen LogP) is 4.46. The van der Waals surface area contributed by atoms with Gasteiger partial charge >= 0.3 is 0 Å². The highest BCUT2D eigenvalue weighted by Crippen LogP contribution is 2.19. The van der Waals surface area contributed by atoms with E-state index in [4.69, 9.17) is 0 Å². The molecule has 2 aromatic carbocycles. The maximum absolute atomic E-state index is 12.2. The summed E-state index contributed by atoms with van der Waals surface area (Å²) in [5, 5.41) is 0. The van der Waals surface area contributed by atoms with Crippen molar-refractivity contribution in [2.75, 3.05) is 13.6 Å². The second kappa shape index (κ2) is 8.77. The molecule has 130 valence electrons. The zero-order valence-electron chi connectivity index (χ0n) is 14.9. The Morgan fingerprint density at radius 2 is 1.69 bits per heavy atom. The minimum absolute atomic E-state index is 0.00485. The van der Waals surface area contributed by atoms with Crippen LogP contribution in [0.15, 0.2) is 85.2 Å². The van der Waals surface area contributed by atoms with Gasteiger partial charge in [-0.2, -0.15) is 0 Å². The first kappa shape index (κ1) is 17.6. The number of pyridine rings is 1. The van der Waals surface area contributed by atoms with Crippen LogP contribution in [0.3, 0.4) is 0 Å². The van der Waals surface area contributed by atoms with Crippen LogP contribution in [-0.4, -0.2) is 29.4 Å². The van der Waals surface area contributed by atoms with E-state index in [9.17, 15) is 4.79 Å². The summed E-state index contributed by atoms with van der Waals surface area (Å²) < 4.78 is 0. The van der Waals surface area contributed by atoms with E-state index in [1.807, 2.05) is 37.4 Å². The minimum atomic E-state index is -0.00485. The molecule has 0 saturated carbocycles. The molecular formula is C23H22N2O. The van der Waals surface area contributed by atoms with Crippen LogP contribution >= 0.6 is 0 Å². The molecule has 3 heteroatoms. The molecule has 0 atom stereocenters. The maximum Gasteiger partial charge on any atom is 0.246 e. The van der Waals surface area contributed by atoms with E-state index < -0.39 is 0 Å². The predicted molar refractivity (Wildman–Crippen MR) is 106 cm³/mol. The molecule has 1 aromatic heterocycles. The third kappa shape index (κ3) is 4.90. The van der Waals surface area contributed by atoms with Gasteiger partial charge in [-0.25, -0.2) is 0 Å². The van der Waals surface area contributed by atoms with Crippen LogP contribution < -0.4 is 0 Å². The van der Waals surface area contributed by atoms with Crippen LogP contribution in [0.1, 0.15) is 11.1 Å². The van der Waals surface area contributed by atoms with Crippen molar-refractivity contribution in [1.82, 2.24) is 9.88 Å². The van der Waals surface area contributed by atoms with Gasteiger partial charge in [0.15, 0.2) is 0 Å². The zero-order valence-corrected chi connectivity index (χ0v) is 14.9. The van der Waals surface area contributed by atoms with Gasteiger partial charge in [-0.3, -0.25) is 9.78 Å². The summed E-state index contributed by atoms with van der Waals surface area (Å²) in [6.45, 7) is 0.681. The molecule has 0 saturated heterocycles. The first-order chi connectivity index (χ1) is 12.7. The third-order valence-electron chi connectivity index (χ3n) is 4.28. The number of hydrogen-bond acceptors (Lipinski definition) is 2. The Labute approximate surface area is 154 Å². The molecule has 3 nitrogen and oxygen atoms in total. The number of amides is 1. The number of nitrogens with zero attached hydrogens (tertiary/aromatic N) is 2. The number of aromatic nitrogens is 1. The Bertz CT molecular complexity index is 856. The van der Waals surface area contributed by atoms with E-state index in [0.29, 0.717) is 6.54 Å². The van der Waals surface area contributed by atoms with Crippen LogP contribution in [0.4, 0.5) is 0 Å². The highest BCUT2D eigenvalue weighted by Gasteiger charge is 2.05. The molecule has 0 aliphatic carbocycles. The number of benzene rings is 2. The monoisotopic (exact) mass is 342 g/mol. The Balaban J connectivity index is 1.53.